The van der Waals surface area contributed by atoms with Crippen LogP contribution >= 0.6 is 0 Å². The first-order valence-corrected chi connectivity index (χ1v) is 9.69. The summed E-state index contributed by atoms with van der Waals surface area (Å²) < 4.78 is 16.8. The van der Waals surface area contributed by atoms with Crippen molar-refractivity contribution in [3.8, 4) is 17.6 Å². The Morgan fingerprint density at radius 1 is 1.19 bits per heavy atom. The molecule has 3 heterocycles. The minimum atomic E-state index is -0.168. The fourth-order valence-electron chi connectivity index (χ4n) is 4.03. The molecule has 0 aliphatic carbocycles. The van der Waals surface area contributed by atoms with Crippen molar-refractivity contribution in [3.05, 3.63) is 23.8 Å². The van der Waals surface area contributed by atoms with E-state index in [1.807, 2.05) is 17.0 Å². The molecule has 7 heteroatoms. The zero-order chi connectivity index (χ0) is 18.6. The highest BCUT2D eigenvalue weighted by molar-refractivity contribution is 5.69. The average molecular weight is 371 g/mol. The summed E-state index contributed by atoms with van der Waals surface area (Å²) in [5, 5.41) is 9.25. The quantitative estimate of drug-likeness (QED) is 0.790. The van der Waals surface area contributed by atoms with E-state index in [0.717, 1.165) is 52.0 Å². The van der Waals surface area contributed by atoms with E-state index in [1.54, 1.807) is 6.07 Å². The molecule has 0 spiro atoms. The Morgan fingerprint density at radius 2 is 2.04 bits per heavy atom. The maximum atomic E-state index is 11.5. The molecule has 0 saturated carbocycles. The summed E-state index contributed by atoms with van der Waals surface area (Å²) in [6, 6.07) is 7.58. The van der Waals surface area contributed by atoms with Gasteiger partial charge in [-0.3, -0.25) is 4.90 Å². The minimum absolute atomic E-state index is 0.0529. The number of amides is 1. The van der Waals surface area contributed by atoms with E-state index >= 15 is 0 Å². The van der Waals surface area contributed by atoms with Gasteiger partial charge >= 0.3 is 6.09 Å². The lowest BCUT2D eigenvalue weighted by atomic mass is 9.93. The van der Waals surface area contributed by atoms with E-state index in [9.17, 15) is 10.1 Å². The zero-order valence-corrected chi connectivity index (χ0v) is 15.4. The number of para-hydroxylation sites is 1. The lowest BCUT2D eigenvalue weighted by Gasteiger charge is -2.36. The van der Waals surface area contributed by atoms with Crippen molar-refractivity contribution in [2.24, 2.45) is 5.92 Å². The molecule has 1 aromatic rings. The van der Waals surface area contributed by atoms with Gasteiger partial charge in [0.2, 0.25) is 0 Å². The fraction of sp³-hybridized carbons (Fsp3) is 0.600. The molecule has 0 bridgehead atoms. The van der Waals surface area contributed by atoms with Crippen molar-refractivity contribution in [2.45, 2.75) is 25.4 Å². The van der Waals surface area contributed by atoms with Crippen molar-refractivity contribution in [3.63, 3.8) is 0 Å². The van der Waals surface area contributed by atoms with Gasteiger partial charge in [0.15, 0.2) is 11.5 Å². The molecule has 2 saturated heterocycles. The number of hydrogen-bond acceptors (Lipinski definition) is 6. The molecule has 4 rings (SSSR count). The van der Waals surface area contributed by atoms with Gasteiger partial charge in [0.05, 0.1) is 12.1 Å². The summed E-state index contributed by atoms with van der Waals surface area (Å²) in [5.74, 6) is 1.89. The smallest absolute Gasteiger partial charge is 0.409 e. The Balaban J connectivity index is 1.23. The molecule has 0 aromatic heterocycles. The molecule has 1 aromatic carbocycles. The molecule has 3 aliphatic rings. The first-order chi connectivity index (χ1) is 13.2. The van der Waals surface area contributed by atoms with Crippen molar-refractivity contribution >= 4 is 6.09 Å². The molecular weight excluding hydrogens is 346 g/mol. The van der Waals surface area contributed by atoms with Crippen LogP contribution in [0.2, 0.25) is 0 Å². The second kappa shape index (κ2) is 8.05. The molecular formula is C20H25N3O4. The number of benzene rings is 1. The number of ether oxygens (including phenoxy) is 3. The molecule has 1 atom stereocenters. The Hall–Kier alpha value is -2.46. The predicted molar refractivity (Wildman–Crippen MR) is 97.8 cm³/mol. The number of likely N-dealkylation sites (tertiary alicyclic amines) is 1. The Bertz CT molecular complexity index is 724. The van der Waals surface area contributed by atoms with Crippen LogP contribution in [-0.2, 0) is 4.74 Å². The molecule has 27 heavy (non-hydrogen) atoms. The zero-order valence-electron chi connectivity index (χ0n) is 15.4. The third kappa shape index (κ3) is 4.11. The molecule has 1 unspecified atom stereocenters. The first kappa shape index (κ1) is 17.9. The predicted octanol–water partition coefficient (Wildman–Crippen LogP) is 2.25. The molecule has 2 fully saturated rings. The fourth-order valence-corrected chi connectivity index (χ4v) is 4.03. The van der Waals surface area contributed by atoms with Gasteiger partial charge in [0.1, 0.15) is 25.4 Å². The number of piperidine rings is 1. The van der Waals surface area contributed by atoms with Gasteiger partial charge in [-0.25, -0.2) is 4.79 Å². The normalized spacial score (nSPS) is 23.1. The maximum Gasteiger partial charge on any atom is 0.409 e. The van der Waals surface area contributed by atoms with E-state index in [2.05, 4.69) is 11.0 Å². The number of cyclic esters (lactones) is 1. The molecule has 0 N–H and O–H groups in total. The highest BCUT2D eigenvalue weighted by Gasteiger charge is 2.28. The van der Waals surface area contributed by atoms with E-state index in [1.165, 1.54) is 0 Å². The van der Waals surface area contributed by atoms with Gasteiger partial charge in [-0.1, -0.05) is 6.07 Å². The lowest BCUT2D eigenvalue weighted by Crippen LogP contribution is -2.44. The lowest BCUT2D eigenvalue weighted by molar-refractivity contribution is 0.0465. The highest BCUT2D eigenvalue weighted by atomic mass is 16.6. The monoisotopic (exact) mass is 371 g/mol. The Labute approximate surface area is 159 Å². The van der Waals surface area contributed by atoms with Gasteiger partial charge < -0.3 is 19.1 Å². The van der Waals surface area contributed by atoms with Crippen LogP contribution in [0.1, 0.15) is 24.8 Å². The summed E-state index contributed by atoms with van der Waals surface area (Å²) in [5.41, 5.74) is 0.524. The van der Waals surface area contributed by atoms with Gasteiger partial charge in [0, 0.05) is 13.1 Å². The van der Waals surface area contributed by atoms with Gasteiger partial charge in [-0.05, 0) is 50.4 Å². The number of fused-ring (bicyclic) bond motifs is 1. The van der Waals surface area contributed by atoms with Crippen molar-refractivity contribution in [2.75, 3.05) is 45.9 Å². The van der Waals surface area contributed by atoms with Crippen LogP contribution < -0.4 is 9.47 Å². The van der Waals surface area contributed by atoms with Crippen LogP contribution in [0.25, 0.3) is 0 Å². The van der Waals surface area contributed by atoms with Crippen molar-refractivity contribution < 1.29 is 19.0 Å². The number of nitriles is 1. The number of carbonyl (C=O) groups excluding carboxylic acids is 1. The highest BCUT2D eigenvalue weighted by Crippen LogP contribution is 2.35. The van der Waals surface area contributed by atoms with Gasteiger partial charge in [0.25, 0.3) is 0 Å². The van der Waals surface area contributed by atoms with Crippen molar-refractivity contribution in [1.82, 2.24) is 9.80 Å². The van der Waals surface area contributed by atoms with Crippen LogP contribution in [0, 0.1) is 17.2 Å². The minimum Gasteiger partial charge on any atom is -0.486 e. The van der Waals surface area contributed by atoms with E-state index in [0.29, 0.717) is 36.2 Å². The number of nitrogens with zero attached hydrogens (tertiary/aromatic N) is 3. The van der Waals surface area contributed by atoms with Gasteiger partial charge in [-0.2, -0.15) is 5.26 Å². The SMILES string of the molecule is N#Cc1cccc2c1OC(CN1CCC(CCN3CCOC3=O)CC1)CO2. The first-order valence-electron chi connectivity index (χ1n) is 9.69. The van der Waals surface area contributed by atoms with Gasteiger partial charge in [-0.15, -0.1) is 0 Å². The van der Waals surface area contributed by atoms with Crippen LogP contribution in [0.3, 0.4) is 0 Å². The van der Waals surface area contributed by atoms with Crippen LogP contribution in [0.5, 0.6) is 11.5 Å². The largest absolute Gasteiger partial charge is 0.486 e. The molecule has 1 amide bonds. The Kier molecular flexibility index (Phi) is 5.35. The Morgan fingerprint density at radius 3 is 2.78 bits per heavy atom. The standard InChI is InChI=1S/C20H25N3O4/c21-12-16-2-1-3-18-19(16)27-17(14-26-18)13-22-7-4-15(5-8-22)6-9-23-10-11-25-20(23)24/h1-3,15,17H,4-11,13-14H2. The number of carbonyl (C=O) groups is 1. The maximum absolute atomic E-state index is 11.5. The number of rotatable bonds is 5. The summed E-state index contributed by atoms with van der Waals surface area (Å²) in [6.07, 6.45) is 3.10. The topological polar surface area (TPSA) is 75.0 Å². The summed E-state index contributed by atoms with van der Waals surface area (Å²) >= 11 is 0. The molecule has 144 valence electrons. The van der Waals surface area contributed by atoms with E-state index in [-0.39, 0.29) is 12.2 Å². The molecule has 3 aliphatic heterocycles. The number of hydrogen-bond donors (Lipinski definition) is 0. The van der Waals surface area contributed by atoms with Crippen LogP contribution in [0.4, 0.5) is 4.79 Å². The average Bonchev–Trinajstić information content (AvgIpc) is 3.12. The van der Waals surface area contributed by atoms with E-state index < -0.39 is 0 Å². The second-order valence-corrected chi connectivity index (χ2v) is 7.43. The third-order valence-electron chi connectivity index (χ3n) is 5.63. The summed E-state index contributed by atoms with van der Waals surface area (Å²) in [6.45, 7) is 5.43. The summed E-state index contributed by atoms with van der Waals surface area (Å²) in [7, 11) is 0. The second-order valence-electron chi connectivity index (χ2n) is 7.43. The van der Waals surface area contributed by atoms with Crippen LogP contribution in [-0.4, -0.2) is 67.9 Å². The van der Waals surface area contributed by atoms with Crippen LogP contribution in [0.15, 0.2) is 18.2 Å². The third-order valence-corrected chi connectivity index (χ3v) is 5.63. The summed E-state index contributed by atoms with van der Waals surface area (Å²) in [4.78, 5) is 15.7. The van der Waals surface area contributed by atoms with E-state index in [4.69, 9.17) is 14.2 Å². The molecule has 0 radical (unpaired) electrons. The molecule has 7 nitrogen and oxygen atoms in total. The van der Waals surface area contributed by atoms with Crippen molar-refractivity contribution in [1.29, 1.82) is 5.26 Å².